The molecule has 0 radical (unpaired) electrons. The second kappa shape index (κ2) is 39.9. The molecule has 53 heavy (non-hydrogen) atoms. The van der Waals surface area contributed by atoms with E-state index in [2.05, 4.69) is 50.3 Å². The van der Waals surface area contributed by atoms with Gasteiger partial charge in [-0.2, -0.15) is 0 Å². The zero-order valence-electron chi connectivity index (χ0n) is 34.0. The molecule has 1 unspecified atom stereocenters. The number of phosphoric ester groups is 1. The van der Waals surface area contributed by atoms with Crippen molar-refractivity contribution in [1.29, 1.82) is 0 Å². The minimum atomic E-state index is -4.38. The zero-order valence-corrected chi connectivity index (χ0v) is 34.9. The van der Waals surface area contributed by atoms with Crippen LogP contribution in [0.15, 0.2) is 36.5 Å². The van der Waals surface area contributed by atoms with Crippen LogP contribution in [-0.2, 0) is 32.7 Å². The van der Waals surface area contributed by atoms with Gasteiger partial charge < -0.3 is 20.1 Å². The second-order valence-electron chi connectivity index (χ2n) is 14.2. The fourth-order valence-electron chi connectivity index (χ4n) is 5.78. The van der Waals surface area contributed by atoms with Crippen molar-refractivity contribution in [2.24, 2.45) is 5.73 Å². The van der Waals surface area contributed by atoms with Crippen LogP contribution >= 0.6 is 7.82 Å². The lowest BCUT2D eigenvalue weighted by molar-refractivity contribution is -0.161. The zero-order chi connectivity index (χ0) is 38.9. The third kappa shape index (κ3) is 39.7. The van der Waals surface area contributed by atoms with Crippen LogP contribution in [0.2, 0.25) is 0 Å². The molecule has 0 bridgehead atoms. The predicted molar refractivity (Wildman–Crippen MR) is 220 cm³/mol. The Hall–Kier alpha value is -1.77. The van der Waals surface area contributed by atoms with Gasteiger partial charge >= 0.3 is 19.8 Å². The van der Waals surface area contributed by atoms with E-state index in [4.69, 9.17) is 24.3 Å². The van der Waals surface area contributed by atoms with Crippen molar-refractivity contribution in [1.82, 2.24) is 0 Å². The summed E-state index contributed by atoms with van der Waals surface area (Å²) in [4.78, 5) is 34.8. The van der Waals surface area contributed by atoms with Crippen molar-refractivity contribution >= 4 is 19.8 Å². The first-order valence-electron chi connectivity index (χ1n) is 21.5. The number of rotatable bonds is 40. The van der Waals surface area contributed by atoms with Gasteiger partial charge in [0.05, 0.1) is 13.2 Å². The Labute approximate surface area is 324 Å². The highest BCUT2D eigenvalue weighted by Gasteiger charge is 2.26. The summed E-state index contributed by atoms with van der Waals surface area (Å²) in [7, 11) is -4.38. The second-order valence-corrected chi connectivity index (χ2v) is 15.7. The molecule has 0 spiro atoms. The van der Waals surface area contributed by atoms with Crippen molar-refractivity contribution in [3.05, 3.63) is 36.5 Å². The van der Waals surface area contributed by atoms with Crippen LogP contribution in [0.4, 0.5) is 0 Å². The summed E-state index contributed by atoms with van der Waals surface area (Å²) in [5.41, 5.74) is 5.34. The highest BCUT2D eigenvalue weighted by Crippen LogP contribution is 2.43. The Kier molecular flexibility index (Phi) is 38.6. The normalized spacial score (nSPS) is 13.7. The summed E-state index contributed by atoms with van der Waals surface area (Å²) < 4.78 is 32.7. The van der Waals surface area contributed by atoms with Crippen molar-refractivity contribution in [2.45, 2.75) is 200 Å². The average Bonchev–Trinajstić information content (AvgIpc) is 3.14. The van der Waals surface area contributed by atoms with Crippen LogP contribution < -0.4 is 5.73 Å². The number of ether oxygens (including phenoxy) is 2. The number of hydrogen-bond donors (Lipinski definition) is 2. The molecule has 0 aliphatic rings. The average molecular weight is 770 g/mol. The van der Waals surface area contributed by atoms with Crippen LogP contribution in [0.25, 0.3) is 0 Å². The number of phosphoric acid groups is 1. The minimum Gasteiger partial charge on any atom is -0.462 e. The summed E-state index contributed by atoms with van der Waals surface area (Å²) in [6.45, 7) is 3.68. The molecule has 0 saturated carbocycles. The first-order chi connectivity index (χ1) is 25.8. The van der Waals surface area contributed by atoms with Gasteiger partial charge in [0, 0.05) is 19.4 Å². The lowest BCUT2D eigenvalue weighted by Crippen LogP contribution is -2.29. The van der Waals surface area contributed by atoms with Gasteiger partial charge in [-0.1, -0.05) is 147 Å². The van der Waals surface area contributed by atoms with Crippen LogP contribution in [0.3, 0.4) is 0 Å². The SMILES string of the molecule is CCCCC/C=C/C/C=C/CCCCCCCC(=O)O[C@H](COC(=O)CCCCCCCCCCC/C=C/CCCCCC)COP(=O)(O)OCCN. The topological polar surface area (TPSA) is 134 Å². The molecule has 0 fully saturated rings. The molecule has 0 heterocycles. The van der Waals surface area contributed by atoms with Crippen molar-refractivity contribution in [3.8, 4) is 0 Å². The Morgan fingerprint density at radius 3 is 1.49 bits per heavy atom. The van der Waals surface area contributed by atoms with Crippen LogP contribution in [-0.4, -0.2) is 49.3 Å². The monoisotopic (exact) mass is 770 g/mol. The van der Waals surface area contributed by atoms with Gasteiger partial charge in [0.25, 0.3) is 0 Å². The lowest BCUT2D eigenvalue weighted by Gasteiger charge is -2.19. The van der Waals surface area contributed by atoms with E-state index in [9.17, 15) is 19.0 Å². The standard InChI is InChI=1S/C43H80NO8P/c1-3-5-7-9-11-13-15-17-19-20-22-23-25-27-29-31-33-35-42(45)49-39-41(40-51-53(47,48)50-38-37-44)52-43(46)36-34-32-30-28-26-24-21-18-16-14-12-10-8-6-4-2/h12-15,18,21,41H,3-11,16-17,19-20,22-40,44H2,1-2H3,(H,47,48)/b14-12+,15-13+,21-18+/t41-/m1/s1. The maximum Gasteiger partial charge on any atom is 0.472 e. The fourth-order valence-corrected chi connectivity index (χ4v) is 6.54. The molecule has 3 N–H and O–H groups in total. The molecule has 0 saturated heterocycles. The largest absolute Gasteiger partial charge is 0.472 e. The fraction of sp³-hybridized carbons (Fsp3) is 0.814. The molecule has 310 valence electrons. The number of unbranched alkanes of at least 4 members (excludes halogenated alkanes) is 21. The van der Waals surface area contributed by atoms with Gasteiger partial charge in [-0.05, 0) is 70.6 Å². The predicted octanol–water partition coefficient (Wildman–Crippen LogP) is 12.2. The molecule has 0 aromatic heterocycles. The summed E-state index contributed by atoms with van der Waals surface area (Å²) in [6.07, 6.45) is 43.1. The first kappa shape index (κ1) is 51.2. The van der Waals surface area contributed by atoms with Gasteiger partial charge in [-0.15, -0.1) is 0 Å². The number of carbonyl (C=O) groups is 2. The molecule has 0 amide bonds. The summed E-state index contributed by atoms with van der Waals surface area (Å²) >= 11 is 0. The highest BCUT2D eigenvalue weighted by molar-refractivity contribution is 7.47. The lowest BCUT2D eigenvalue weighted by atomic mass is 10.1. The number of nitrogens with two attached hydrogens (primary N) is 1. The highest BCUT2D eigenvalue weighted by atomic mass is 31.2. The minimum absolute atomic E-state index is 0.0505. The third-order valence-corrected chi connectivity index (χ3v) is 9.98. The molecule has 2 atom stereocenters. The number of allylic oxidation sites excluding steroid dienone is 6. The van der Waals surface area contributed by atoms with Crippen molar-refractivity contribution < 1.29 is 37.6 Å². The van der Waals surface area contributed by atoms with Gasteiger partial charge in [-0.25, -0.2) is 4.57 Å². The van der Waals surface area contributed by atoms with Crippen molar-refractivity contribution in [3.63, 3.8) is 0 Å². The number of hydrogen-bond acceptors (Lipinski definition) is 8. The number of esters is 2. The Bertz CT molecular complexity index is 970. The molecule has 0 rings (SSSR count). The molecule has 0 aromatic carbocycles. The van der Waals surface area contributed by atoms with E-state index in [1.807, 2.05) is 0 Å². The summed E-state index contributed by atoms with van der Waals surface area (Å²) in [6, 6.07) is 0. The molecular weight excluding hydrogens is 689 g/mol. The van der Waals surface area contributed by atoms with E-state index in [-0.39, 0.29) is 38.6 Å². The smallest absolute Gasteiger partial charge is 0.462 e. The summed E-state index contributed by atoms with van der Waals surface area (Å²) in [5, 5.41) is 0. The maximum atomic E-state index is 12.6. The molecule has 9 nitrogen and oxygen atoms in total. The van der Waals surface area contributed by atoms with E-state index >= 15 is 0 Å². The van der Waals surface area contributed by atoms with Gasteiger partial charge in [0.2, 0.25) is 0 Å². The maximum absolute atomic E-state index is 12.6. The van der Waals surface area contributed by atoms with Gasteiger partial charge in [0.1, 0.15) is 6.61 Å². The van der Waals surface area contributed by atoms with Crippen molar-refractivity contribution in [2.75, 3.05) is 26.4 Å². The molecule has 0 aliphatic heterocycles. The van der Waals surface area contributed by atoms with E-state index in [1.54, 1.807) is 0 Å². The molecule has 0 aromatic rings. The van der Waals surface area contributed by atoms with E-state index in [0.717, 1.165) is 57.8 Å². The third-order valence-electron chi connectivity index (χ3n) is 9.00. The Balaban J connectivity index is 4.17. The van der Waals surface area contributed by atoms with Gasteiger partial charge in [-0.3, -0.25) is 18.6 Å². The van der Waals surface area contributed by atoms with Crippen LogP contribution in [0.5, 0.6) is 0 Å². The van der Waals surface area contributed by atoms with E-state index < -0.39 is 26.5 Å². The number of carbonyl (C=O) groups excluding carboxylic acids is 2. The van der Waals surface area contributed by atoms with E-state index in [1.165, 1.54) is 103 Å². The first-order valence-corrected chi connectivity index (χ1v) is 23.0. The quantitative estimate of drug-likeness (QED) is 0.0270. The summed E-state index contributed by atoms with van der Waals surface area (Å²) in [5.74, 6) is -0.845. The Morgan fingerprint density at radius 1 is 0.566 bits per heavy atom. The Morgan fingerprint density at radius 2 is 0.981 bits per heavy atom. The van der Waals surface area contributed by atoms with Gasteiger partial charge in [0.15, 0.2) is 6.10 Å². The van der Waals surface area contributed by atoms with E-state index in [0.29, 0.717) is 6.42 Å². The van der Waals surface area contributed by atoms with Crippen LogP contribution in [0.1, 0.15) is 194 Å². The molecule has 0 aliphatic carbocycles. The molecular formula is C43H80NO8P. The van der Waals surface area contributed by atoms with Crippen LogP contribution in [0, 0.1) is 0 Å². The molecule has 10 heteroatoms.